The first kappa shape index (κ1) is 14.3. The molecular formula is C10H20F2N2O. The third-order valence-electron chi connectivity index (χ3n) is 2.10. The summed E-state index contributed by atoms with van der Waals surface area (Å²) >= 11 is 0. The van der Waals surface area contributed by atoms with Gasteiger partial charge in [-0.2, -0.15) is 0 Å². The number of carbonyl (C=O) groups excluding carboxylic acids is 1. The van der Waals surface area contributed by atoms with Crippen LogP contribution in [0.25, 0.3) is 0 Å². The summed E-state index contributed by atoms with van der Waals surface area (Å²) in [4.78, 5) is 13.0. The Balaban J connectivity index is 4.26. The van der Waals surface area contributed by atoms with Gasteiger partial charge in [0.2, 0.25) is 5.91 Å². The molecule has 0 radical (unpaired) electrons. The molecule has 0 bridgehead atoms. The van der Waals surface area contributed by atoms with E-state index >= 15 is 0 Å². The first-order valence-electron chi connectivity index (χ1n) is 5.24. The molecule has 15 heavy (non-hydrogen) atoms. The second-order valence-electron chi connectivity index (χ2n) is 3.63. The van der Waals surface area contributed by atoms with E-state index in [1.807, 2.05) is 6.92 Å². The third kappa shape index (κ3) is 5.67. The van der Waals surface area contributed by atoms with Gasteiger partial charge in [-0.15, -0.1) is 0 Å². The lowest BCUT2D eigenvalue weighted by atomic mass is 10.1. The minimum atomic E-state index is -2.46. The molecule has 0 aliphatic carbocycles. The van der Waals surface area contributed by atoms with Crippen LogP contribution in [0.15, 0.2) is 0 Å². The van der Waals surface area contributed by atoms with Crippen LogP contribution in [0.2, 0.25) is 0 Å². The van der Waals surface area contributed by atoms with Crippen LogP contribution in [0, 0.1) is 5.92 Å². The van der Waals surface area contributed by atoms with Gasteiger partial charge in [-0.1, -0.05) is 13.8 Å². The van der Waals surface area contributed by atoms with Crippen molar-refractivity contribution in [1.29, 1.82) is 0 Å². The van der Waals surface area contributed by atoms with E-state index in [9.17, 15) is 13.6 Å². The fourth-order valence-electron chi connectivity index (χ4n) is 1.43. The van der Waals surface area contributed by atoms with Crippen molar-refractivity contribution in [3.63, 3.8) is 0 Å². The molecule has 3 nitrogen and oxygen atoms in total. The molecule has 0 rings (SSSR count). The van der Waals surface area contributed by atoms with Crippen LogP contribution in [0.5, 0.6) is 0 Å². The summed E-state index contributed by atoms with van der Waals surface area (Å²) in [5.74, 6) is -0.452. The molecule has 1 atom stereocenters. The fraction of sp³-hybridized carbons (Fsp3) is 0.900. The van der Waals surface area contributed by atoms with E-state index in [0.29, 0.717) is 19.5 Å². The van der Waals surface area contributed by atoms with E-state index in [1.54, 1.807) is 14.0 Å². The quantitative estimate of drug-likeness (QED) is 0.705. The molecule has 0 aromatic rings. The zero-order chi connectivity index (χ0) is 11.8. The number of nitrogens with zero attached hydrogens (tertiary/aromatic N) is 1. The van der Waals surface area contributed by atoms with Crippen molar-refractivity contribution in [2.75, 3.05) is 26.7 Å². The van der Waals surface area contributed by atoms with E-state index in [4.69, 9.17) is 0 Å². The highest BCUT2D eigenvalue weighted by Crippen LogP contribution is 2.06. The van der Waals surface area contributed by atoms with Crippen LogP contribution in [-0.2, 0) is 4.79 Å². The SMILES string of the molecule is CCCN(CC(F)F)C(=O)C(C)CNC. The Labute approximate surface area is 89.8 Å². The second kappa shape index (κ2) is 7.56. The number of carbonyl (C=O) groups is 1. The largest absolute Gasteiger partial charge is 0.337 e. The summed E-state index contributed by atoms with van der Waals surface area (Å²) in [6.07, 6.45) is -1.76. The third-order valence-corrected chi connectivity index (χ3v) is 2.10. The highest BCUT2D eigenvalue weighted by atomic mass is 19.3. The normalized spacial score (nSPS) is 12.9. The molecule has 1 amide bonds. The van der Waals surface area contributed by atoms with Gasteiger partial charge in [0.1, 0.15) is 0 Å². The summed E-state index contributed by atoms with van der Waals surface area (Å²) in [7, 11) is 1.74. The molecule has 0 aliphatic heterocycles. The van der Waals surface area contributed by atoms with Gasteiger partial charge in [0.25, 0.3) is 6.43 Å². The molecule has 0 saturated heterocycles. The molecule has 1 unspecified atom stereocenters. The molecule has 0 aromatic heterocycles. The van der Waals surface area contributed by atoms with Crippen molar-refractivity contribution in [2.45, 2.75) is 26.7 Å². The summed E-state index contributed by atoms with van der Waals surface area (Å²) < 4.78 is 24.4. The predicted molar refractivity (Wildman–Crippen MR) is 56.0 cm³/mol. The smallest absolute Gasteiger partial charge is 0.255 e. The maximum absolute atomic E-state index is 12.2. The van der Waals surface area contributed by atoms with Crippen LogP contribution < -0.4 is 5.32 Å². The first-order chi connectivity index (χ1) is 7.02. The van der Waals surface area contributed by atoms with Crippen molar-refractivity contribution >= 4 is 5.91 Å². The molecule has 0 heterocycles. The van der Waals surface area contributed by atoms with Gasteiger partial charge < -0.3 is 10.2 Å². The highest BCUT2D eigenvalue weighted by molar-refractivity contribution is 5.78. The van der Waals surface area contributed by atoms with Gasteiger partial charge in [0, 0.05) is 19.0 Å². The average molecular weight is 222 g/mol. The average Bonchev–Trinajstić information content (AvgIpc) is 2.16. The number of rotatable bonds is 7. The number of halogens is 2. The maximum Gasteiger partial charge on any atom is 0.255 e. The summed E-state index contributed by atoms with van der Waals surface area (Å²) in [5, 5.41) is 2.86. The van der Waals surface area contributed by atoms with Gasteiger partial charge >= 0.3 is 0 Å². The van der Waals surface area contributed by atoms with E-state index < -0.39 is 13.0 Å². The monoisotopic (exact) mass is 222 g/mol. The molecule has 0 fully saturated rings. The number of alkyl halides is 2. The van der Waals surface area contributed by atoms with Crippen LogP contribution >= 0.6 is 0 Å². The van der Waals surface area contributed by atoms with Crippen molar-refractivity contribution in [2.24, 2.45) is 5.92 Å². The van der Waals surface area contributed by atoms with Crippen molar-refractivity contribution in [3.8, 4) is 0 Å². The summed E-state index contributed by atoms with van der Waals surface area (Å²) in [6, 6.07) is 0. The number of hydrogen-bond acceptors (Lipinski definition) is 2. The van der Waals surface area contributed by atoms with Gasteiger partial charge in [-0.25, -0.2) is 8.78 Å². The fourth-order valence-corrected chi connectivity index (χ4v) is 1.43. The van der Waals surface area contributed by atoms with Crippen LogP contribution in [-0.4, -0.2) is 43.9 Å². The highest BCUT2D eigenvalue weighted by Gasteiger charge is 2.21. The number of hydrogen-bond donors (Lipinski definition) is 1. The summed E-state index contributed by atoms with van der Waals surface area (Å²) in [5.41, 5.74) is 0. The Morgan fingerprint density at radius 1 is 1.47 bits per heavy atom. The molecule has 0 aromatic carbocycles. The van der Waals surface area contributed by atoms with Gasteiger partial charge in [0.05, 0.1) is 6.54 Å². The first-order valence-corrected chi connectivity index (χ1v) is 5.24. The Morgan fingerprint density at radius 3 is 2.47 bits per heavy atom. The minimum absolute atomic E-state index is 0.202. The van der Waals surface area contributed by atoms with Crippen LogP contribution in [0.4, 0.5) is 8.78 Å². The Kier molecular flexibility index (Phi) is 7.21. The predicted octanol–water partition coefficient (Wildman–Crippen LogP) is 1.35. The zero-order valence-corrected chi connectivity index (χ0v) is 9.59. The molecule has 0 spiro atoms. The zero-order valence-electron chi connectivity index (χ0n) is 9.59. The Hall–Kier alpha value is -0.710. The minimum Gasteiger partial charge on any atom is -0.337 e. The molecule has 5 heteroatoms. The number of nitrogens with one attached hydrogen (secondary N) is 1. The molecule has 0 aliphatic rings. The Bertz CT molecular complexity index is 188. The maximum atomic E-state index is 12.2. The van der Waals surface area contributed by atoms with Crippen LogP contribution in [0.1, 0.15) is 20.3 Å². The topological polar surface area (TPSA) is 32.3 Å². The van der Waals surface area contributed by atoms with E-state index in [2.05, 4.69) is 5.32 Å². The van der Waals surface area contributed by atoms with Gasteiger partial charge in [-0.05, 0) is 13.5 Å². The van der Waals surface area contributed by atoms with E-state index in [1.165, 1.54) is 4.90 Å². The van der Waals surface area contributed by atoms with E-state index in [0.717, 1.165) is 0 Å². The van der Waals surface area contributed by atoms with Crippen molar-refractivity contribution in [1.82, 2.24) is 10.2 Å². The lowest BCUT2D eigenvalue weighted by molar-refractivity contribution is -0.136. The second-order valence-corrected chi connectivity index (χ2v) is 3.63. The molecule has 90 valence electrons. The molecule has 0 saturated carbocycles. The number of amides is 1. The lowest BCUT2D eigenvalue weighted by Crippen LogP contribution is -2.41. The Morgan fingerprint density at radius 2 is 2.07 bits per heavy atom. The van der Waals surface area contributed by atoms with E-state index in [-0.39, 0.29) is 11.8 Å². The summed E-state index contributed by atoms with van der Waals surface area (Å²) in [6.45, 7) is 4.07. The van der Waals surface area contributed by atoms with Crippen LogP contribution in [0.3, 0.4) is 0 Å². The van der Waals surface area contributed by atoms with Crippen molar-refractivity contribution in [3.05, 3.63) is 0 Å². The van der Waals surface area contributed by atoms with Gasteiger partial charge in [0.15, 0.2) is 0 Å². The lowest BCUT2D eigenvalue weighted by Gasteiger charge is -2.24. The molecular weight excluding hydrogens is 202 g/mol. The molecule has 1 N–H and O–H groups in total. The standard InChI is InChI=1S/C10H20F2N2O/c1-4-5-14(7-9(11)12)10(15)8(2)6-13-3/h8-9,13H,4-7H2,1-3H3. The van der Waals surface area contributed by atoms with Gasteiger partial charge in [-0.3, -0.25) is 4.79 Å². The van der Waals surface area contributed by atoms with Crippen molar-refractivity contribution < 1.29 is 13.6 Å².